The van der Waals surface area contributed by atoms with E-state index >= 15 is 0 Å². The van der Waals surface area contributed by atoms with Crippen molar-refractivity contribution in [3.05, 3.63) is 51.9 Å². The minimum atomic E-state index is -0.791. The predicted molar refractivity (Wildman–Crippen MR) is 97.1 cm³/mol. The lowest BCUT2D eigenvalue weighted by Gasteiger charge is -2.18. The van der Waals surface area contributed by atoms with Crippen molar-refractivity contribution in [1.82, 2.24) is 9.88 Å². The van der Waals surface area contributed by atoms with Crippen molar-refractivity contribution in [3.63, 3.8) is 0 Å². The molecule has 0 atom stereocenters. The van der Waals surface area contributed by atoms with Gasteiger partial charge in [-0.3, -0.25) is 9.59 Å². The zero-order valence-corrected chi connectivity index (χ0v) is 14.7. The van der Waals surface area contributed by atoms with Crippen LogP contribution in [-0.2, 0) is 0 Å². The van der Waals surface area contributed by atoms with Crippen LogP contribution in [0.4, 0.5) is 15.9 Å². The largest absolute Gasteiger partial charge is 0.365 e. The summed E-state index contributed by atoms with van der Waals surface area (Å²) in [6.45, 7) is 5.09. The summed E-state index contributed by atoms with van der Waals surface area (Å²) < 4.78 is 13.4. The monoisotopic (exact) mass is 362 g/mol. The average molecular weight is 362 g/mol. The molecule has 2 rings (SSSR count). The molecule has 4 N–H and O–H groups in total. The molecular formula is C17H19FN4O2S. The second-order valence-electron chi connectivity index (χ2n) is 5.28. The molecule has 0 bridgehead atoms. The first-order valence-corrected chi connectivity index (χ1v) is 8.17. The van der Waals surface area contributed by atoms with Gasteiger partial charge in [0.25, 0.3) is 11.8 Å². The zero-order valence-electron chi connectivity index (χ0n) is 13.9. The Hall–Kier alpha value is -2.74. The van der Waals surface area contributed by atoms with Gasteiger partial charge in [0, 0.05) is 24.3 Å². The number of H-pyrrole nitrogens is 1. The zero-order chi connectivity index (χ0) is 18.6. The number of halogens is 1. The van der Waals surface area contributed by atoms with Gasteiger partial charge in [0.15, 0.2) is 5.82 Å². The standard InChI is InChI=1S/C17H19FN4O2S/c1-3-22(4-2)17(24)10-5-7-11(8-6-10)20-15-12(14(19)23)9-13(18)16(25)21-15/h5-9H,3-4H2,1-2H3,(H2,19,23)(H2,20,21,25). The second-order valence-corrected chi connectivity index (χ2v) is 5.69. The van der Waals surface area contributed by atoms with Crippen LogP contribution in [-0.4, -0.2) is 34.8 Å². The third kappa shape index (κ3) is 4.21. The van der Waals surface area contributed by atoms with Gasteiger partial charge in [-0.15, -0.1) is 0 Å². The third-order valence-electron chi connectivity index (χ3n) is 3.71. The Morgan fingerprint density at radius 2 is 1.84 bits per heavy atom. The SMILES string of the molecule is CCN(CC)C(=O)c1ccc(Nc2[nH]c(=S)c(F)cc2C(N)=O)cc1. The van der Waals surface area contributed by atoms with Crippen molar-refractivity contribution >= 4 is 35.5 Å². The van der Waals surface area contributed by atoms with E-state index < -0.39 is 11.7 Å². The van der Waals surface area contributed by atoms with Crippen LogP contribution in [0.25, 0.3) is 0 Å². The summed E-state index contributed by atoms with van der Waals surface area (Å²) >= 11 is 4.84. The van der Waals surface area contributed by atoms with Gasteiger partial charge >= 0.3 is 0 Å². The number of hydrogen-bond donors (Lipinski definition) is 3. The normalized spacial score (nSPS) is 10.4. The van der Waals surface area contributed by atoms with Crippen molar-refractivity contribution in [2.24, 2.45) is 5.73 Å². The topological polar surface area (TPSA) is 91.2 Å². The Kier molecular flexibility index (Phi) is 5.87. The van der Waals surface area contributed by atoms with Crippen molar-refractivity contribution in [2.45, 2.75) is 13.8 Å². The van der Waals surface area contributed by atoms with E-state index in [-0.39, 0.29) is 21.9 Å². The highest BCUT2D eigenvalue weighted by Crippen LogP contribution is 2.21. The molecule has 0 aliphatic heterocycles. The minimum absolute atomic E-state index is 0.0469. The molecule has 0 fully saturated rings. The van der Waals surface area contributed by atoms with Crippen molar-refractivity contribution < 1.29 is 14.0 Å². The van der Waals surface area contributed by atoms with E-state index in [0.29, 0.717) is 24.3 Å². The molecule has 8 heteroatoms. The van der Waals surface area contributed by atoms with Crippen molar-refractivity contribution in [1.29, 1.82) is 0 Å². The quantitative estimate of drug-likeness (QED) is 0.688. The molecule has 1 aromatic heterocycles. The van der Waals surface area contributed by atoms with E-state index in [1.807, 2.05) is 13.8 Å². The van der Waals surface area contributed by atoms with E-state index in [4.69, 9.17) is 18.0 Å². The maximum absolute atomic E-state index is 13.5. The van der Waals surface area contributed by atoms with Gasteiger partial charge in [-0.2, -0.15) is 0 Å². The summed E-state index contributed by atoms with van der Waals surface area (Å²) in [6, 6.07) is 7.70. The summed E-state index contributed by atoms with van der Waals surface area (Å²) in [7, 11) is 0. The maximum Gasteiger partial charge on any atom is 0.253 e. The Morgan fingerprint density at radius 3 is 2.36 bits per heavy atom. The fourth-order valence-electron chi connectivity index (χ4n) is 2.33. The van der Waals surface area contributed by atoms with Crippen LogP contribution in [0.15, 0.2) is 30.3 Å². The number of carbonyl (C=O) groups excluding carboxylic acids is 2. The first-order valence-electron chi connectivity index (χ1n) is 7.76. The molecule has 0 aliphatic carbocycles. The molecule has 0 saturated heterocycles. The number of carbonyl (C=O) groups is 2. The second kappa shape index (κ2) is 7.89. The lowest BCUT2D eigenvalue weighted by molar-refractivity contribution is 0.0772. The molecule has 2 aromatic rings. The number of pyridine rings is 1. The van der Waals surface area contributed by atoms with Gasteiger partial charge in [0.1, 0.15) is 10.5 Å². The molecule has 0 unspecified atom stereocenters. The fourth-order valence-corrected chi connectivity index (χ4v) is 2.49. The number of aromatic amines is 1. The summed E-state index contributed by atoms with van der Waals surface area (Å²) in [5, 5.41) is 2.93. The highest BCUT2D eigenvalue weighted by molar-refractivity contribution is 7.71. The van der Waals surface area contributed by atoms with Gasteiger partial charge in [-0.25, -0.2) is 4.39 Å². The van der Waals surface area contributed by atoms with Crippen LogP contribution < -0.4 is 11.1 Å². The molecule has 0 spiro atoms. The first-order chi connectivity index (χ1) is 11.9. The third-order valence-corrected chi connectivity index (χ3v) is 4.01. The summed E-state index contributed by atoms with van der Waals surface area (Å²) in [4.78, 5) is 28.1. The van der Waals surface area contributed by atoms with Gasteiger partial charge in [-0.1, -0.05) is 12.2 Å². The summed E-state index contributed by atoms with van der Waals surface area (Å²) in [5.74, 6) is -1.38. The molecule has 0 saturated carbocycles. The van der Waals surface area contributed by atoms with Crippen molar-refractivity contribution in [2.75, 3.05) is 18.4 Å². The Morgan fingerprint density at radius 1 is 1.24 bits per heavy atom. The number of rotatable bonds is 6. The molecule has 6 nitrogen and oxygen atoms in total. The number of nitrogens with one attached hydrogen (secondary N) is 2. The average Bonchev–Trinajstić information content (AvgIpc) is 2.59. The van der Waals surface area contributed by atoms with Crippen LogP contribution >= 0.6 is 12.2 Å². The maximum atomic E-state index is 13.5. The molecule has 0 aliphatic rings. The first kappa shape index (κ1) is 18.6. The number of primary amides is 1. The van der Waals surface area contributed by atoms with Crippen LogP contribution in [0, 0.1) is 10.5 Å². The Labute approximate surface area is 149 Å². The van der Waals surface area contributed by atoms with Crippen molar-refractivity contribution in [3.8, 4) is 0 Å². The molecule has 2 amide bonds. The van der Waals surface area contributed by atoms with Crippen LogP contribution in [0.3, 0.4) is 0 Å². The molecule has 132 valence electrons. The number of nitrogens with two attached hydrogens (primary N) is 1. The molecule has 25 heavy (non-hydrogen) atoms. The summed E-state index contributed by atoms with van der Waals surface area (Å²) in [6.07, 6.45) is 0. The number of nitrogens with zero attached hydrogens (tertiary/aromatic N) is 1. The number of amides is 2. The Balaban J connectivity index is 2.28. The van der Waals surface area contributed by atoms with Gasteiger partial charge in [0.2, 0.25) is 0 Å². The molecular weight excluding hydrogens is 343 g/mol. The summed E-state index contributed by atoms with van der Waals surface area (Å²) in [5.41, 5.74) is 6.36. The number of benzene rings is 1. The van der Waals surface area contributed by atoms with E-state index in [1.54, 1.807) is 29.2 Å². The van der Waals surface area contributed by atoms with Gasteiger partial charge in [-0.05, 0) is 44.2 Å². The number of hydrogen-bond acceptors (Lipinski definition) is 4. The molecule has 1 heterocycles. The fraction of sp³-hybridized carbons (Fsp3) is 0.235. The lowest BCUT2D eigenvalue weighted by Crippen LogP contribution is -2.30. The van der Waals surface area contributed by atoms with Crippen LogP contribution in [0.1, 0.15) is 34.6 Å². The van der Waals surface area contributed by atoms with Crippen LogP contribution in [0.2, 0.25) is 0 Å². The lowest BCUT2D eigenvalue weighted by atomic mass is 10.1. The highest BCUT2D eigenvalue weighted by Gasteiger charge is 2.14. The van der Waals surface area contributed by atoms with E-state index in [1.165, 1.54) is 0 Å². The minimum Gasteiger partial charge on any atom is -0.365 e. The predicted octanol–water partition coefficient (Wildman–Crippen LogP) is 3.21. The molecule has 1 aromatic carbocycles. The molecule has 0 radical (unpaired) electrons. The van der Waals surface area contributed by atoms with E-state index in [9.17, 15) is 14.0 Å². The van der Waals surface area contributed by atoms with Gasteiger partial charge in [0.05, 0.1) is 5.56 Å². The van der Waals surface area contributed by atoms with Crippen LogP contribution in [0.5, 0.6) is 0 Å². The highest BCUT2D eigenvalue weighted by atomic mass is 32.1. The van der Waals surface area contributed by atoms with Gasteiger partial charge < -0.3 is 20.9 Å². The smallest absolute Gasteiger partial charge is 0.253 e. The van der Waals surface area contributed by atoms with E-state index in [2.05, 4.69) is 10.3 Å². The van der Waals surface area contributed by atoms with E-state index in [0.717, 1.165) is 6.07 Å². The number of aromatic nitrogens is 1. The number of anilines is 2. The Bertz CT molecular complexity index is 845.